The number of likely N-dealkylation sites (tertiary alicyclic amines) is 1. The van der Waals surface area contributed by atoms with E-state index in [1.807, 2.05) is 0 Å². The number of nitrogens with zero attached hydrogens (tertiary/aromatic N) is 2. The van der Waals surface area contributed by atoms with Crippen LogP contribution >= 0.6 is 0 Å². The van der Waals surface area contributed by atoms with Crippen LogP contribution in [0.3, 0.4) is 0 Å². The van der Waals surface area contributed by atoms with Crippen molar-refractivity contribution in [2.24, 2.45) is 0 Å². The van der Waals surface area contributed by atoms with Crippen molar-refractivity contribution in [1.82, 2.24) is 9.88 Å². The van der Waals surface area contributed by atoms with E-state index < -0.39 is 5.97 Å². The Hall–Kier alpha value is -2.31. The summed E-state index contributed by atoms with van der Waals surface area (Å²) in [6.45, 7) is 1.10. The van der Waals surface area contributed by atoms with Crippen LogP contribution in [0.1, 0.15) is 23.2 Å². The van der Waals surface area contributed by atoms with E-state index in [9.17, 15) is 9.59 Å². The third-order valence-corrected chi connectivity index (χ3v) is 3.14. The van der Waals surface area contributed by atoms with Crippen LogP contribution in [0.25, 0.3) is 0 Å². The molecule has 1 aliphatic rings. The minimum absolute atomic E-state index is 0.0764. The number of amides is 1. The number of carbonyl (C=O) groups excluding carboxylic acids is 1. The van der Waals surface area contributed by atoms with Gasteiger partial charge in [-0.05, 0) is 6.07 Å². The zero-order valence-corrected chi connectivity index (χ0v) is 11.1. The van der Waals surface area contributed by atoms with Crippen LogP contribution < -0.4 is 4.74 Å². The number of carbonyl (C=O) groups is 2. The average Bonchev–Trinajstić information content (AvgIpc) is 2.47. The highest BCUT2D eigenvalue weighted by Gasteiger charge is 2.24. The molecule has 0 aliphatic carbocycles. The van der Waals surface area contributed by atoms with Crippen LogP contribution in [-0.2, 0) is 4.74 Å². The Morgan fingerprint density at radius 2 is 2.10 bits per heavy atom. The molecule has 7 heteroatoms. The number of carboxylic acids is 1. The standard InChI is InChI=1S/C13H16N2O5/c1-19-13(18)15-6-3-10(4-7-15)20-11-8-9(12(16)17)2-5-14-11/h2,5,8,10H,3-4,6-7H2,1H3,(H,16,17). The monoisotopic (exact) mass is 280 g/mol. The predicted octanol–water partition coefficient (Wildman–Crippen LogP) is 1.39. The summed E-state index contributed by atoms with van der Waals surface area (Å²) >= 11 is 0. The topological polar surface area (TPSA) is 89.0 Å². The third kappa shape index (κ3) is 3.37. The van der Waals surface area contributed by atoms with Crippen molar-refractivity contribution in [2.45, 2.75) is 18.9 Å². The highest BCUT2D eigenvalue weighted by atomic mass is 16.5. The summed E-state index contributed by atoms with van der Waals surface area (Å²) in [6.07, 6.45) is 2.31. The molecule has 2 rings (SSSR count). The molecule has 1 N–H and O–H groups in total. The number of aromatic carboxylic acids is 1. The van der Waals surface area contributed by atoms with E-state index >= 15 is 0 Å². The van der Waals surface area contributed by atoms with Gasteiger partial charge in [0.1, 0.15) is 6.10 Å². The van der Waals surface area contributed by atoms with Gasteiger partial charge in [0.05, 0.1) is 12.7 Å². The molecule has 1 fully saturated rings. The summed E-state index contributed by atoms with van der Waals surface area (Å²) in [5.41, 5.74) is 0.141. The second-order valence-corrected chi connectivity index (χ2v) is 4.46. The van der Waals surface area contributed by atoms with Gasteiger partial charge in [-0.2, -0.15) is 0 Å². The second kappa shape index (κ2) is 6.23. The van der Waals surface area contributed by atoms with Gasteiger partial charge in [0.25, 0.3) is 0 Å². The number of rotatable bonds is 3. The molecular formula is C13H16N2O5. The Morgan fingerprint density at radius 3 is 2.70 bits per heavy atom. The molecule has 0 radical (unpaired) electrons. The number of methoxy groups -OCH3 is 1. The van der Waals surface area contributed by atoms with Gasteiger partial charge >= 0.3 is 12.1 Å². The van der Waals surface area contributed by atoms with Crippen molar-refractivity contribution < 1.29 is 24.2 Å². The van der Waals surface area contributed by atoms with Gasteiger partial charge in [0.2, 0.25) is 5.88 Å². The Labute approximate surface area is 116 Å². The van der Waals surface area contributed by atoms with Crippen molar-refractivity contribution in [3.63, 3.8) is 0 Å². The lowest BCUT2D eigenvalue weighted by Gasteiger charge is -2.30. The van der Waals surface area contributed by atoms with Gasteiger partial charge < -0.3 is 19.5 Å². The molecule has 0 saturated carbocycles. The number of hydrogen-bond acceptors (Lipinski definition) is 5. The zero-order chi connectivity index (χ0) is 14.5. The lowest BCUT2D eigenvalue weighted by Crippen LogP contribution is -2.41. The van der Waals surface area contributed by atoms with Crippen molar-refractivity contribution in [2.75, 3.05) is 20.2 Å². The van der Waals surface area contributed by atoms with Crippen molar-refractivity contribution >= 4 is 12.1 Å². The Bertz CT molecular complexity index is 497. The highest BCUT2D eigenvalue weighted by Crippen LogP contribution is 2.18. The number of hydrogen-bond donors (Lipinski definition) is 1. The number of piperidine rings is 1. The molecule has 20 heavy (non-hydrogen) atoms. The molecular weight excluding hydrogens is 264 g/mol. The second-order valence-electron chi connectivity index (χ2n) is 4.46. The summed E-state index contributed by atoms with van der Waals surface area (Å²) in [5, 5.41) is 8.90. The van der Waals surface area contributed by atoms with Gasteiger partial charge in [-0.3, -0.25) is 0 Å². The molecule has 0 spiro atoms. The lowest BCUT2D eigenvalue weighted by atomic mass is 10.1. The van der Waals surface area contributed by atoms with Crippen molar-refractivity contribution in [3.8, 4) is 5.88 Å². The first-order chi connectivity index (χ1) is 9.60. The molecule has 0 bridgehead atoms. The van der Waals surface area contributed by atoms with Crippen LogP contribution in [-0.4, -0.2) is 53.4 Å². The van der Waals surface area contributed by atoms with Gasteiger partial charge in [0, 0.05) is 38.2 Å². The molecule has 7 nitrogen and oxygen atoms in total. The number of ether oxygens (including phenoxy) is 2. The Kier molecular flexibility index (Phi) is 4.39. The van der Waals surface area contributed by atoms with Crippen LogP contribution in [0.15, 0.2) is 18.3 Å². The fourth-order valence-corrected chi connectivity index (χ4v) is 2.06. The number of pyridine rings is 1. The zero-order valence-electron chi connectivity index (χ0n) is 11.1. The first-order valence-electron chi connectivity index (χ1n) is 6.29. The maximum absolute atomic E-state index is 11.3. The lowest BCUT2D eigenvalue weighted by molar-refractivity contribution is 0.0687. The van der Waals surface area contributed by atoms with Gasteiger partial charge in [-0.15, -0.1) is 0 Å². The Balaban J connectivity index is 1.91. The highest BCUT2D eigenvalue weighted by molar-refractivity contribution is 5.87. The van der Waals surface area contributed by atoms with Crippen LogP contribution in [0, 0.1) is 0 Å². The molecule has 1 aromatic rings. The first-order valence-corrected chi connectivity index (χ1v) is 6.29. The van der Waals surface area contributed by atoms with E-state index in [2.05, 4.69) is 9.72 Å². The SMILES string of the molecule is COC(=O)N1CCC(Oc2cc(C(=O)O)ccn2)CC1. The third-order valence-electron chi connectivity index (χ3n) is 3.14. The molecule has 1 saturated heterocycles. The fraction of sp³-hybridized carbons (Fsp3) is 0.462. The molecule has 108 valence electrons. The van der Waals surface area contributed by atoms with E-state index in [-0.39, 0.29) is 17.8 Å². The summed E-state index contributed by atoms with van der Waals surface area (Å²) in [4.78, 5) is 27.8. The van der Waals surface area contributed by atoms with E-state index in [1.165, 1.54) is 25.4 Å². The van der Waals surface area contributed by atoms with Crippen molar-refractivity contribution in [1.29, 1.82) is 0 Å². The van der Waals surface area contributed by atoms with Crippen molar-refractivity contribution in [3.05, 3.63) is 23.9 Å². The molecule has 2 heterocycles. The van der Waals surface area contributed by atoms with Gasteiger partial charge in [-0.25, -0.2) is 14.6 Å². The quantitative estimate of drug-likeness (QED) is 0.900. The van der Waals surface area contributed by atoms with Crippen LogP contribution in [0.5, 0.6) is 5.88 Å². The smallest absolute Gasteiger partial charge is 0.409 e. The normalized spacial score (nSPS) is 15.8. The maximum atomic E-state index is 11.3. The molecule has 1 aliphatic heterocycles. The average molecular weight is 280 g/mol. The fourth-order valence-electron chi connectivity index (χ4n) is 2.06. The first kappa shape index (κ1) is 14.1. The molecule has 0 atom stereocenters. The van der Waals surface area contributed by atoms with Gasteiger partial charge in [-0.1, -0.05) is 0 Å². The summed E-state index contributed by atoms with van der Waals surface area (Å²) in [6, 6.07) is 2.81. The Morgan fingerprint density at radius 1 is 1.40 bits per heavy atom. The number of aromatic nitrogens is 1. The van der Waals surface area contributed by atoms with Crippen LogP contribution in [0.4, 0.5) is 4.79 Å². The summed E-state index contributed by atoms with van der Waals surface area (Å²) in [7, 11) is 1.35. The minimum atomic E-state index is -1.02. The largest absolute Gasteiger partial charge is 0.478 e. The van der Waals surface area contributed by atoms with Crippen LogP contribution in [0.2, 0.25) is 0 Å². The van der Waals surface area contributed by atoms with E-state index in [0.29, 0.717) is 31.8 Å². The maximum Gasteiger partial charge on any atom is 0.409 e. The summed E-state index contributed by atoms with van der Waals surface area (Å²) < 4.78 is 10.3. The summed E-state index contributed by atoms with van der Waals surface area (Å²) in [5.74, 6) is -0.723. The molecule has 1 aromatic heterocycles. The predicted molar refractivity (Wildman–Crippen MR) is 68.8 cm³/mol. The number of carboxylic acid groups (broad SMARTS) is 1. The van der Waals surface area contributed by atoms with Gasteiger partial charge in [0.15, 0.2) is 0 Å². The minimum Gasteiger partial charge on any atom is -0.478 e. The van der Waals surface area contributed by atoms with E-state index in [4.69, 9.17) is 9.84 Å². The van der Waals surface area contributed by atoms with E-state index in [0.717, 1.165) is 0 Å². The molecule has 0 unspecified atom stereocenters. The molecule has 1 amide bonds. The molecule has 0 aromatic carbocycles. The van der Waals surface area contributed by atoms with E-state index in [1.54, 1.807) is 4.90 Å².